The molecule has 0 saturated heterocycles. The summed E-state index contributed by atoms with van der Waals surface area (Å²) >= 11 is 0. The second-order valence-corrected chi connectivity index (χ2v) is 6.56. The maximum atomic E-state index is 11.7. The predicted molar refractivity (Wildman–Crippen MR) is 108 cm³/mol. The number of aryl methyl sites for hydroxylation is 2. The van der Waals surface area contributed by atoms with E-state index in [9.17, 15) is 4.79 Å². The van der Waals surface area contributed by atoms with Gasteiger partial charge in [-0.3, -0.25) is 4.79 Å². The molecule has 2 aromatic carbocycles. The molecule has 1 N–H and O–H groups in total. The van der Waals surface area contributed by atoms with Crippen molar-refractivity contribution < 1.29 is 9.53 Å². The fraction of sp³-hybridized carbons (Fsp3) is 0.273. The molecule has 1 heterocycles. The molecule has 1 unspecified atom stereocenters. The minimum atomic E-state index is -0.207. The van der Waals surface area contributed by atoms with Crippen LogP contribution in [0.1, 0.15) is 30.8 Å². The second-order valence-electron chi connectivity index (χ2n) is 6.56. The van der Waals surface area contributed by atoms with Crippen LogP contribution in [0.4, 0.5) is 0 Å². The van der Waals surface area contributed by atoms with E-state index < -0.39 is 0 Å². The van der Waals surface area contributed by atoms with Crippen molar-refractivity contribution in [1.82, 2.24) is 14.9 Å². The Balaban J connectivity index is 1.71. The van der Waals surface area contributed by atoms with Crippen molar-refractivity contribution in [3.8, 4) is 5.75 Å². The van der Waals surface area contributed by atoms with Crippen LogP contribution in [0.2, 0.25) is 0 Å². The van der Waals surface area contributed by atoms with Crippen molar-refractivity contribution in [2.45, 2.75) is 32.9 Å². The molecule has 5 nitrogen and oxygen atoms in total. The van der Waals surface area contributed by atoms with Crippen LogP contribution in [0.25, 0.3) is 11.0 Å². The molecule has 1 atom stereocenters. The lowest BCUT2D eigenvalue weighted by atomic mass is 10.2. The Morgan fingerprint density at radius 3 is 2.74 bits per heavy atom. The number of amides is 1. The Labute approximate surface area is 159 Å². The normalized spacial score (nSPS) is 11.9. The summed E-state index contributed by atoms with van der Waals surface area (Å²) in [4.78, 5) is 16.4. The minimum Gasteiger partial charge on any atom is -0.494 e. The van der Waals surface area contributed by atoms with Gasteiger partial charge in [0, 0.05) is 6.54 Å². The first kappa shape index (κ1) is 18.7. The summed E-state index contributed by atoms with van der Waals surface area (Å²) < 4.78 is 7.99. The molecule has 0 saturated carbocycles. The number of aromatic nitrogens is 2. The van der Waals surface area contributed by atoms with Crippen LogP contribution < -0.4 is 10.1 Å². The zero-order chi connectivity index (χ0) is 19.2. The standard InChI is InChI=1S/C22H25N3O2/c1-4-21(26)23-17(3)22-24-19-8-5-6-9-20(19)25(22)14-7-15-27-18-12-10-16(2)11-13-18/h4-6,8-13,17H,1,7,14-15H2,2-3H3,(H,23,26). The fourth-order valence-electron chi connectivity index (χ4n) is 3.04. The number of fused-ring (bicyclic) bond motifs is 1. The Hall–Kier alpha value is -3.08. The minimum absolute atomic E-state index is 0.205. The summed E-state index contributed by atoms with van der Waals surface area (Å²) in [5.74, 6) is 1.51. The summed E-state index contributed by atoms with van der Waals surface area (Å²) in [6, 6.07) is 15.9. The van der Waals surface area contributed by atoms with Crippen LogP contribution in [-0.4, -0.2) is 22.1 Å². The van der Waals surface area contributed by atoms with Gasteiger partial charge in [0.05, 0.1) is 23.7 Å². The number of rotatable bonds is 8. The summed E-state index contributed by atoms with van der Waals surface area (Å²) in [6.07, 6.45) is 2.11. The predicted octanol–water partition coefficient (Wildman–Crippen LogP) is 4.18. The molecular weight excluding hydrogens is 338 g/mol. The number of para-hydroxylation sites is 2. The van der Waals surface area contributed by atoms with Crippen molar-refractivity contribution in [3.05, 3.63) is 72.6 Å². The molecule has 0 radical (unpaired) electrons. The molecule has 27 heavy (non-hydrogen) atoms. The smallest absolute Gasteiger partial charge is 0.243 e. The van der Waals surface area contributed by atoms with Crippen molar-refractivity contribution in [3.63, 3.8) is 0 Å². The highest BCUT2D eigenvalue weighted by molar-refractivity contribution is 5.87. The molecule has 1 amide bonds. The Morgan fingerprint density at radius 1 is 1.26 bits per heavy atom. The molecule has 1 aromatic heterocycles. The highest BCUT2D eigenvalue weighted by atomic mass is 16.5. The van der Waals surface area contributed by atoms with Gasteiger partial charge in [-0.2, -0.15) is 0 Å². The summed E-state index contributed by atoms with van der Waals surface area (Å²) in [7, 11) is 0. The first-order chi connectivity index (χ1) is 13.1. The number of ether oxygens (including phenoxy) is 1. The lowest BCUT2D eigenvalue weighted by molar-refractivity contribution is -0.117. The van der Waals surface area contributed by atoms with Crippen molar-refractivity contribution in [2.75, 3.05) is 6.61 Å². The average molecular weight is 363 g/mol. The topological polar surface area (TPSA) is 56.2 Å². The third-order valence-corrected chi connectivity index (χ3v) is 4.43. The van der Waals surface area contributed by atoms with Crippen molar-refractivity contribution in [1.29, 1.82) is 0 Å². The Morgan fingerprint density at radius 2 is 2.00 bits per heavy atom. The quantitative estimate of drug-likeness (QED) is 0.482. The maximum absolute atomic E-state index is 11.7. The molecule has 0 fully saturated rings. The fourth-order valence-corrected chi connectivity index (χ4v) is 3.04. The number of imidazole rings is 1. The van der Waals surface area contributed by atoms with Gasteiger partial charge in [0.2, 0.25) is 5.91 Å². The molecule has 0 spiro atoms. The number of carbonyl (C=O) groups is 1. The highest BCUT2D eigenvalue weighted by Gasteiger charge is 2.17. The highest BCUT2D eigenvalue weighted by Crippen LogP contribution is 2.21. The summed E-state index contributed by atoms with van der Waals surface area (Å²) in [5.41, 5.74) is 3.20. The van der Waals surface area contributed by atoms with E-state index in [1.54, 1.807) is 0 Å². The van der Waals surface area contributed by atoms with E-state index in [2.05, 4.69) is 29.5 Å². The van der Waals surface area contributed by atoms with Crippen LogP contribution in [-0.2, 0) is 11.3 Å². The third kappa shape index (κ3) is 4.56. The van der Waals surface area contributed by atoms with Gasteiger partial charge in [0.25, 0.3) is 0 Å². The lowest BCUT2D eigenvalue weighted by Crippen LogP contribution is -2.27. The third-order valence-electron chi connectivity index (χ3n) is 4.43. The maximum Gasteiger partial charge on any atom is 0.243 e. The van der Waals surface area contributed by atoms with Gasteiger partial charge in [-0.25, -0.2) is 4.98 Å². The van der Waals surface area contributed by atoms with Gasteiger partial charge in [-0.15, -0.1) is 0 Å². The SMILES string of the molecule is C=CC(=O)NC(C)c1nc2ccccc2n1CCCOc1ccc(C)cc1. The summed E-state index contributed by atoms with van der Waals surface area (Å²) in [6.45, 7) is 8.87. The number of carbonyl (C=O) groups excluding carboxylic acids is 1. The molecule has 0 bridgehead atoms. The van der Waals surface area contributed by atoms with Crippen LogP contribution in [0.15, 0.2) is 61.2 Å². The monoisotopic (exact) mass is 363 g/mol. The van der Waals surface area contributed by atoms with Gasteiger partial charge in [0.1, 0.15) is 11.6 Å². The van der Waals surface area contributed by atoms with Gasteiger partial charge in [0.15, 0.2) is 0 Å². The molecular formula is C22H25N3O2. The second kappa shape index (κ2) is 8.54. The molecule has 0 aliphatic carbocycles. The van der Waals surface area contributed by atoms with E-state index in [1.165, 1.54) is 11.6 Å². The van der Waals surface area contributed by atoms with E-state index in [1.807, 2.05) is 49.4 Å². The Kier molecular flexibility index (Phi) is 5.91. The molecule has 0 aliphatic heterocycles. The average Bonchev–Trinajstić information content (AvgIpc) is 3.05. The van der Waals surface area contributed by atoms with Crippen LogP contribution in [0.3, 0.4) is 0 Å². The number of nitrogens with zero attached hydrogens (tertiary/aromatic N) is 2. The van der Waals surface area contributed by atoms with Gasteiger partial charge in [-0.05, 0) is 50.6 Å². The van der Waals surface area contributed by atoms with Crippen LogP contribution in [0, 0.1) is 6.92 Å². The lowest BCUT2D eigenvalue weighted by Gasteiger charge is -2.16. The zero-order valence-electron chi connectivity index (χ0n) is 15.8. The first-order valence-corrected chi connectivity index (χ1v) is 9.16. The molecule has 140 valence electrons. The first-order valence-electron chi connectivity index (χ1n) is 9.16. The molecule has 5 heteroatoms. The summed E-state index contributed by atoms with van der Waals surface area (Å²) in [5, 5.41) is 2.90. The largest absolute Gasteiger partial charge is 0.494 e. The van der Waals surface area contributed by atoms with E-state index in [-0.39, 0.29) is 11.9 Å². The Bertz CT molecular complexity index is 928. The molecule has 3 rings (SSSR count). The van der Waals surface area contributed by atoms with E-state index in [0.717, 1.165) is 35.6 Å². The number of nitrogens with one attached hydrogen (secondary N) is 1. The van der Waals surface area contributed by atoms with Gasteiger partial charge < -0.3 is 14.6 Å². The number of benzene rings is 2. The van der Waals surface area contributed by atoms with E-state index >= 15 is 0 Å². The van der Waals surface area contributed by atoms with Crippen molar-refractivity contribution >= 4 is 16.9 Å². The van der Waals surface area contributed by atoms with Crippen molar-refractivity contribution in [2.24, 2.45) is 0 Å². The van der Waals surface area contributed by atoms with Gasteiger partial charge in [-0.1, -0.05) is 36.4 Å². The van der Waals surface area contributed by atoms with Gasteiger partial charge >= 0.3 is 0 Å². The number of hydrogen-bond acceptors (Lipinski definition) is 3. The zero-order valence-corrected chi connectivity index (χ0v) is 15.8. The van der Waals surface area contributed by atoms with E-state index in [0.29, 0.717) is 6.61 Å². The molecule has 0 aliphatic rings. The number of hydrogen-bond donors (Lipinski definition) is 1. The van der Waals surface area contributed by atoms with Crippen LogP contribution >= 0.6 is 0 Å². The van der Waals surface area contributed by atoms with E-state index in [4.69, 9.17) is 9.72 Å². The molecule has 3 aromatic rings. The van der Waals surface area contributed by atoms with Crippen LogP contribution in [0.5, 0.6) is 5.75 Å².